The first-order valence-corrected chi connectivity index (χ1v) is 47.1. The average Bonchev–Trinajstić information content (AvgIpc) is 1.41. The van der Waals surface area contributed by atoms with Gasteiger partial charge in [0.05, 0.1) is 24.8 Å². The third kappa shape index (κ3) is 30.8. The van der Waals surface area contributed by atoms with Crippen LogP contribution in [0.25, 0.3) is 21.8 Å². The number of aromatic hydroxyl groups is 1. The van der Waals surface area contributed by atoms with Gasteiger partial charge < -0.3 is 137 Å². The second kappa shape index (κ2) is 52.0. The van der Waals surface area contributed by atoms with Crippen molar-refractivity contribution in [1.82, 2.24) is 92.5 Å². The molecule has 45 nitrogen and oxygen atoms in total. The minimum Gasteiger partial charge on any atom is -0.508 e. The smallest absolute Gasteiger partial charge is 0.323 e. The Labute approximate surface area is 796 Å². The molecule has 8 rings (SSSR count). The molecule has 3 aromatic carbocycles. The van der Waals surface area contributed by atoms with Crippen molar-refractivity contribution in [2.24, 2.45) is 34.6 Å². The van der Waals surface area contributed by atoms with Gasteiger partial charge in [-0.15, -0.1) is 11.8 Å². The van der Waals surface area contributed by atoms with Crippen molar-refractivity contribution in [2.45, 2.75) is 241 Å². The number of primary amides is 2. The molecule has 0 saturated carbocycles. The zero-order valence-corrected chi connectivity index (χ0v) is 79.2. The molecule has 46 heteroatoms. The maximum absolute atomic E-state index is 16.0. The third-order valence-corrected chi connectivity index (χ3v) is 25.4. The lowest BCUT2D eigenvalue weighted by molar-refractivity contribution is -0.149. The lowest BCUT2D eigenvalue weighted by Crippen LogP contribution is -2.61. The second-order valence-electron chi connectivity index (χ2n) is 35.2. The van der Waals surface area contributed by atoms with Crippen molar-refractivity contribution >= 4 is 146 Å². The van der Waals surface area contributed by atoms with E-state index in [2.05, 4.69) is 63.5 Å². The number of nitrogens with zero attached hydrogens (tertiary/aromatic N) is 6. The van der Waals surface area contributed by atoms with Gasteiger partial charge in [-0.3, -0.25) is 91.7 Å². The van der Waals surface area contributed by atoms with Crippen molar-refractivity contribution in [2.75, 3.05) is 71.9 Å². The highest BCUT2D eigenvalue weighted by atomic mass is 32.2. The first-order valence-electron chi connectivity index (χ1n) is 45.9. The van der Waals surface area contributed by atoms with Crippen LogP contribution in [0.3, 0.4) is 0 Å². The summed E-state index contributed by atoms with van der Waals surface area (Å²) >= 11 is 0.777. The van der Waals surface area contributed by atoms with E-state index >= 15 is 33.6 Å². The normalized spacial score (nSPS) is 24.6. The van der Waals surface area contributed by atoms with Gasteiger partial charge in [0, 0.05) is 113 Å². The van der Waals surface area contributed by atoms with Crippen LogP contribution in [0.15, 0.2) is 85.2 Å². The fourth-order valence-corrected chi connectivity index (χ4v) is 17.8. The van der Waals surface area contributed by atoms with Gasteiger partial charge in [0.2, 0.25) is 100 Å². The Morgan fingerprint density at radius 2 is 1.13 bits per heavy atom. The molecular weight excluding hydrogens is 1800 g/mol. The molecule has 5 heterocycles. The van der Waals surface area contributed by atoms with Gasteiger partial charge in [-0.25, -0.2) is 0 Å². The number of H-pyrrole nitrogens is 1. The summed E-state index contributed by atoms with van der Waals surface area (Å²) in [6.45, 7) is 5.53. The van der Waals surface area contributed by atoms with E-state index in [9.17, 15) is 68.1 Å². The number of aromatic nitrogens is 2. The number of likely N-dealkylation sites (N-methyl/N-ethyl adjacent to an activating group) is 3. The molecule has 0 aliphatic carbocycles. The third-order valence-electron chi connectivity index (χ3n) is 24.4. The number of phenolic OH excluding ortho intramolecular Hbond substituents is 1. The first kappa shape index (κ1) is 109. The Balaban J connectivity index is 1.22. The predicted molar refractivity (Wildman–Crippen MR) is 504 cm³/mol. The lowest BCUT2D eigenvalue weighted by Gasteiger charge is -2.36. The zero-order valence-electron chi connectivity index (χ0n) is 78.4. The van der Waals surface area contributed by atoms with Crippen LogP contribution in [0.2, 0.25) is 0 Å². The van der Waals surface area contributed by atoms with Gasteiger partial charge in [0.1, 0.15) is 96.9 Å². The quantitative estimate of drug-likeness (QED) is 0.0129. The number of aromatic amines is 1. The average molecular weight is 1930 g/mol. The van der Waals surface area contributed by atoms with Gasteiger partial charge in [0.15, 0.2) is 5.96 Å². The summed E-state index contributed by atoms with van der Waals surface area (Å²) in [5, 5.41) is 69.7. The monoisotopic (exact) mass is 1930 g/mol. The summed E-state index contributed by atoms with van der Waals surface area (Å²) in [4.78, 5) is 271. The van der Waals surface area contributed by atoms with Crippen LogP contribution in [-0.4, -0.2) is 324 Å². The van der Waals surface area contributed by atoms with Crippen molar-refractivity contribution in [3.8, 4) is 5.75 Å². The van der Waals surface area contributed by atoms with Gasteiger partial charge >= 0.3 is 5.97 Å². The van der Waals surface area contributed by atoms with E-state index < -0.39 is 254 Å². The summed E-state index contributed by atoms with van der Waals surface area (Å²) in [5.74, 6) is -19.4. The van der Waals surface area contributed by atoms with Gasteiger partial charge in [-0.1, -0.05) is 102 Å². The maximum atomic E-state index is 16.0. The number of para-hydroxylation sites is 2. The molecule has 3 fully saturated rings. The molecule has 0 bridgehead atoms. The summed E-state index contributed by atoms with van der Waals surface area (Å²) in [5.41, 5.74) is 31.5. The SMILES string of the molecule is CCCC[C@H]1C(=O)N(C)[C@@H](CCCC)C(=O)N[C@@H](CC(C)C)C(=O)N[C@H](C(=O)NCC(N)=O)CSCC(=O)N[C@@H](Cc2ccc(O)cc2)C(=O)N(C)[C@@H](C)C(=O)N[C@H](CC(N)=O)C(=O)N2CCC[C@H]2C(=O)N[C@@H](CN)C(=O)N[C@@H](CCCNC(=N)N)C(=O)N2C[C@H](O)C[C@H]2C(=O)N[C@@H](Cc2c[nH]c3ccccc23)C(=O)N[C@@H](CCN)C(=O)N[C@@H](Cc2cn(CC(=O)O)c3ccccc23)C(=O)N1C. The van der Waals surface area contributed by atoms with E-state index in [0.29, 0.717) is 64.2 Å². The number of carbonyl (C=O) groups excluding carboxylic acids is 17. The number of aliphatic carboxylic acids is 1. The largest absolute Gasteiger partial charge is 0.508 e. The van der Waals surface area contributed by atoms with E-state index in [-0.39, 0.29) is 102 Å². The summed E-state index contributed by atoms with van der Waals surface area (Å²) in [6, 6.07) is -2.75. The van der Waals surface area contributed by atoms with Gasteiger partial charge in [-0.05, 0) is 112 Å². The number of benzene rings is 3. The van der Waals surface area contributed by atoms with E-state index in [1.54, 1.807) is 68.6 Å². The number of aliphatic hydroxyl groups is 1. The fourth-order valence-electron chi connectivity index (χ4n) is 16.9. The molecular formula is C91H132N24O21S. The van der Waals surface area contributed by atoms with Crippen molar-refractivity contribution in [1.29, 1.82) is 5.41 Å². The number of hydrogen-bond acceptors (Lipinski definition) is 24. The number of hydrogen-bond donors (Lipinski definition) is 21. The number of carboxylic acid groups (broad SMARTS) is 1. The number of nitrogens with two attached hydrogens (primary N) is 5. The Morgan fingerprint density at radius 3 is 1.78 bits per heavy atom. The molecule has 3 aliphatic heterocycles. The van der Waals surface area contributed by atoms with Gasteiger partial charge in [0.25, 0.3) is 0 Å². The zero-order chi connectivity index (χ0) is 101. The number of thioether (sulfide) groups is 1. The number of carboxylic acids is 1. The second-order valence-corrected chi connectivity index (χ2v) is 36.2. The molecule has 5 aromatic rings. The van der Waals surface area contributed by atoms with E-state index in [0.717, 1.165) is 36.3 Å². The number of nitrogens with one attached hydrogen (secondary N) is 13. The maximum Gasteiger partial charge on any atom is 0.323 e. The highest BCUT2D eigenvalue weighted by Crippen LogP contribution is 2.29. The number of rotatable bonds is 28. The number of amides is 17. The number of fused-ring (bicyclic) bond motifs is 4. The Bertz CT molecular complexity index is 5170. The Kier molecular flexibility index (Phi) is 41.3. The molecule has 3 saturated heterocycles. The van der Waals surface area contributed by atoms with Crippen LogP contribution in [-0.2, 0) is 112 Å². The molecule has 748 valence electrons. The highest BCUT2D eigenvalue weighted by molar-refractivity contribution is 8.00. The minimum absolute atomic E-state index is 0.00180. The summed E-state index contributed by atoms with van der Waals surface area (Å²) < 4.78 is 1.43. The molecule has 3 aliphatic rings. The van der Waals surface area contributed by atoms with Crippen molar-refractivity contribution < 1.29 is 102 Å². The Hall–Kier alpha value is -13.5. The highest BCUT2D eigenvalue weighted by Gasteiger charge is 2.47. The van der Waals surface area contributed by atoms with Crippen LogP contribution in [0.1, 0.15) is 141 Å². The Morgan fingerprint density at radius 1 is 0.562 bits per heavy atom. The standard InChI is InChI=1S/C91H132N24O21S/c1-9-11-23-69-83(129)104-61(35-49(3)4)80(126)109-67(78(124)100-43-74(95)119)47-137-48-75(120)101-63(36-51-27-29-54(116)30-28-51)86(132)110(6)50(5)77(123)106-65(40-73(94)118)89(135)114-34-18-26-70(114)84(130)108-66(41-93)82(128)103-60(22-17-33-98-91(96)97)88(134)115-45-55(117)39-72(115)85(131)105-62(37-52-42-99-58-21-15-13-19-56(52)58)81(127)102-59(31-32-92)79(125)107-64(87(133)112(8)71(24-12-10-2)90(136)111(69)7)38-53-44-113(46-76(121)122)68-25-16-14-20-57(53)68/h13-16,19-21,25,27-30,42,44,49-50,55,59-67,69-72,99,116-117H,9-12,17-18,22-24,26,31-41,43,45-48,92-93H2,1-8H3,(H2,94,118)(H2,95,119)(H,100,124)(H,101,120)(H,102,127)(H,103,128)(H,104,129)(H,105,131)(H,106,123)(H,107,125)(H,108,130)(H,109,126)(H,121,122)(H4,96,97,98)/t50-,55+,59-,60-,61-,62-,63-,64-,65+,66-,67-,69-,70-,71-,72-/m0/s1. The molecule has 0 spiro atoms. The van der Waals surface area contributed by atoms with Crippen LogP contribution in [0.4, 0.5) is 0 Å². The van der Waals surface area contributed by atoms with Gasteiger partial charge in [-0.2, -0.15) is 0 Å². The minimum atomic E-state index is -1.80. The van der Waals surface area contributed by atoms with Crippen LogP contribution in [0.5, 0.6) is 5.75 Å². The molecule has 15 atom stereocenters. The van der Waals surface area contributed by atoms with E-state index in [1.807, 2.05) is 13.8 Å². The van der Waals surface area contributed by atoms with Crippen molar-refractivity contribution in [3.05, 3.63) is 102 Å². The van der Waals surface area contributed by atoms with Crippen LogP contribution >= 0.6 is 11.8 Å². The van der Waals surface area contributed by atoms with Crippen LogP contribution < -0.4 is 87.2 Å². The first-order chi connectivity index (χ1) is 65.1. The van der Waals surface area contributed by atoms with Crippen molar-refractivity contribution in [3.63, 3.8) is 0 Å². The number of phenols is 1. The fraction of sp³-hybridized carbons (Fsp3) is 0.549. The molecule has 2 aromatic heterocycles. The number of unbranched alkanes of at least 4 members (excludes halogenated alkanes) is 2. The molecule has 0 radical (unpaired) electrons. The summed E-state index contributed by atoms with van der Waals surface area (Å²) in [6.07, 6.45) is 0.428. The molecule has 0 unspecified atom stereocenters. The van der Waals surface area contributed by atoms with Crippen LogP contribution in [0, 0.1) is 11.3 Å². The molecule has 17 amide bonds. The van der Waals surface area contributed by atoms with E-state index in [4.69, 9.17) is 34.1 Å². The molecule has 137 heavy (non-hydrogen) atoms. The topological polar surface area (TPSA) is 691 Å². The number of carbonyl (C=O) groups is 18. The van der Waals surface area contributed by atoms with E-state index in [1.165, 1.54) is 63.1 Å². The summed E-state index contributed by atoms with van der Waals surface area (Å²) in [7, 11) is 3.89. The predicted octanol–water partition coefficient (Wildman–Crippen LogP) is -4.02. The number of guanidine groups is 1. The number of aliphatic hydroxyl groups excluding tert-OH is 1. The molecule has 26 N–H and O–H groups in total. The lowest BCUT2D eigenvalue weighted by atomic mass is 9.99.